The zero-order chi connectivity index (χ0) is 19.9. The fraction of sp³-hybridized carbons (Fsp3) is 0.333. The van der Waals surface area contributed by atoms with Gasteiger partial charge in [-0.3, -0.25) is 9.59 Å². The van der Waals surface area contributed by atoms with Crippen LogP contribution in [-0.4, -0.2) is 61.0 Å². The highest BCUT2D eigenvalue weighted by molar-refractivity contribution is 9.10. The molecule has 1 saturated heterocycles. The summed E-state index contributed by atoms with van der Waals surface area (Å²) in [5.74, 6) is 1.29. The van der Waals surface area contributed by atoms with E-state index in [0.29, 0.717) is 44.1 Å². The fourth-order valence-corrected chi connectivity index (χ4v) is 3.45. The maximum atomic E-state index is 12.6. The summed E-state index contributed by atoms with van der Waals surface area (Å²) in [6, 6.07) is 14.6. The standard InChI is InChI=1S/C21H23BrN2O4/c1-2-27-16-7-9-17(10-8-16)28-15-20(25)23-11-13-24(14-12-23)21(26)18-5-3-4-6-19(18)22/h3-10H,2,11-15H2,1H3. The van der Waals surface area contributed by atoms with Gasteiger partial charge in [-0.2, -0.15) is 0 Å². The maximum absolute atomic E-state index is 12.6. The average molecular weight is 447 g/mol. The Hall–Kier alpha value is -2.54. The number of halogens is 1. The van der Waals surface area contributed by atoms with Gasteiger partial charge in [-0.05, 0) is 59.3 Å². The van der Waals surface area contributed by atoms with Crippen LogP contribution in [0, 0.1) is 0 Å². The zero-order valence-corrected chi connectivity index (χ0v) is 17.4. The third-order valence-electron chi connectivity index (χ3n) is 4.52. The lowest BCUT2D eigenvalue weighted by atomic mass is 10.2. The van der Waals surface area contributed by atoms with Crippen molar-refractivity contribution in [2.45, 2.75) is 6.92 Å². The molecule has 0 radical (unpaired) electrons. The summed E-state index contributed by atoms with van der Waals surface area (Å²) in [6.07, 6.45) is 0. The van der Waals surface area contributed by atoms with Gasteiger partial charge in [0.25, 0.3) is 11.8 Å². The fourth-order valence-electron chi connectivity index (χ4n) is 3.00. The molecule has 2 aromatic rings. The number of hydrogen-bond donors (Lipinski definition) is 0. The largest absolute Gasteiger partial charge is 0.494 e. The van der Waals surface area contributed by atoms with E-state index in [0.717, 1.165) is 10.2 Å². The SMILES string of the molecule is CCOc1ccc(OCC(=O)N2CCN(C(=O)c3ccccc3Br)CC2)cc1. The smallest absolute Gasteiger partial charge is 0.260 e. The van der Waals surface area contributed by atoms with E-state index < -0.39 is 0 Å². The van der Waals surface area contributed by atoms with E-state index in [2.05, 4.69) is 15.9 Å². The van der Waals surface area contributed by atoms with Gasteiger partial charge in [0.1, 0.15) is 11.5 Å². The Labute approximate surface area is 173 Å². The molecule has 0 bridgehead atoms. The minimum Gasteiger partial charge on any atom is -0.494 e. The van der Waals surface area contributed by atoms with Crippen LogP contribution in [-0.2, 0) is 4.79 Å². The van der Waals surface area contributed by atoms with Crippen molar-refractivity contribution in [1.82, 2.24) is 9.80 Å². The number of nitrogens with zero attached hydrogens (tertiary/aromatic N) is 2. The molecule has 0 unspecified atom stereocenters. The molecule has 3 rings (SSSR count). The first-order valence-corrected chi connectivity index (χ1v) is 10.0. The molecular weight excluding hydrogens is 424 g/mol. The summed E-state index contributed by atoms with van der Waals surface area (Å²) in [6.45, 7) is 4.53. The predicted molar refractivity (Wildman–Crippen MR) is 110 cm³/mol. The molecule has 0 atom stereocenters. The van der Waals surface area contributed by atoms with Crippen molar-refractivity contribution in [1.29, 1.82) is 0 Å². The minimum absolute atomic E-state index is 0.0217. The highest BCUT2D eigenvalue weighted by Crippen LogP contribution is 2.19. The quantitative estimate of drug-likeness (QED) is 0.683. The zero-order valence-electron chi connectivity index (χ0n) is 15.8. The molecule has 6 nitrogen and oxygen atoms in total. The highest BCUT2D eigenvalue weighted by Gasteiger charge is 2.25. The van der Waals surface area contributed by atoms with E-state index in [1.807, 2.05) is 37.3 Å². The lowest BCUT2D eigenvalue weighted by Crippen LogP contribution is -2.51. The number of hydrogen-bond acceptors (Lipinski definition) is 4. The van der Waals surface area contributed by atoms with Gasteiger partial charge in [-0.15, -0.1) is 0 Å². The van der Waals surface area contributed by atoms with Crippen LogP contribution >= 0.6 is 15.9 Å². The van der Waals surface area contributed by atoms with Crippen molar-refractivity contribution in [3.05, 3.63) is 58.6 Å². The second-order valence-electron chi connectivity index (χ2n) is 6.35. The highest BCUT2D eigenvalue weighted by atomic mass is 79.9. The Morgan fingerprint density at radius 1 is 0.893 bits per heavy atom. The van der Waals surface area contributed by atoms with Gasteiger partial charge in [0, 0.05) is 30.7 Å². The van der Waals surface area contributed by atoms with E-state index in [1.54, 1.807) is 28.0 Å². The van der Waals surface area contributed by atoms with E-state index in [1.165, 1.54) is 0 Å². The first-order valence-electron chi connectivity index (χ1n) is 9.25. The summed E-state index contributed by atoms with van der Waals surface area (Å²) in [5.41, 5.74) is 0.640. The van der Waals surface area contributed by atoms with Crippen LogP contribution in [0.4, 0.5) is 0 Å². The van der Waals surface area contributed by atoms with E-state index in [-0.39, 0.29) is 18.4 Å². The molecule has 0 aromatic heterocycles. The summed E-state index contributed by atoms with van der Waals surface area (Å²) >= 11 is 3.42. The molecular formula is C21H23BrN2O4. The van der Waals surface area contributed by atoms with Crippen molar-refractivity contribution in [3.8, 4) is 11.5 Å². The van der Waals surface area contributed by atoms with Crippen molar-refractivity contribution in [2.24, 2.45) is 0 Å². The summed E-state index contributed by atoms with van der Waals surface area (Å²) in [4.78, 5) is 28.6. The van der Waals surface area contributed by atoms with Crippen LogP contribution in [0.25, 0.3) is 0 Å². The van der Waals surface area contributed by atoms with E-state index in [9.17, 15) is 9.59 Å². The Bertz CT molecular complexity index is 817. The Morgan fingerprint density at radius 3 is 2.07 bits per heavy atom. The van der Waals surface area contributed by atoms with Crippen molar-refractivity contribution >= 4 is 27.7 Å². The molecule has 148 valence electrons. The predicted octanol–water partition coefficient (Wildman–Crippen LogP) is 3.21. The number of piperazine rings is 1. The minimum atomic E-state index is -0.0816. The van der Waals surface area contributed by atoms with Crippen LogP contribution in [0.5, 0.6) is 11.5 Å². The number of amides is 2. The van der Waals surface area contributed by atoms with Crippen molar-refractivity contribution in [2.75, 3.05) is 39.4 Å². The Morgan fingerprint density at radius 2 is 1.46 bits per heavy atom. The number of benzene rings is 2. The average Bonchev–Trinajstić information content (AvgIpc) is 2.73. The van der Waals surface area contributed by atoms with Crippen LogP contribution in [0.15, 0.2) is 53.0 Å². The first-order chi connectivity index (χ1) is 13.6. The molecule has 1 aliphatic rings. The summed E-state index contributed by atoms with van der Waals surface area (Å²) < 4.78 is 11.7. The molecule has 0 N–H and O–H groups in total. The second-order valence-corrected chi connectivity index (χ2v) is 7.20. The Kier molecular flexibility index (Phi) is 6.92. The molecule has 1 fully saturated rings. The third kappa shape index (κ3) is 5.04. The maximum Gasteiger partial charge on any atom is 0.260 e. The van der Waals surface area contributed by atoms with Gasteiger partial charge in [0.05, 0.1) is 12.2 Å². The van der Waals surface area contributed by atoms with Crippen LogP contribution in [0.3, 0.4) is 0 Å². The molecule has 0 spiro atoms. The normalized spacial score (nSPS) is 13.9. The van der Waals surface area contributed by atoms with Crippen LogP contribution < -0.4 is 9.47 Å². The molecule has 1 heterocycles. The third-order valence-corrected chi connectivity index (χ3v) is 5.21. The van der Waals surface area contributed by atoms with Gasteiger partial charge in [0.2, 0.25) is 0 Å². The molecule has 1 aliphatic heterocycles. The van der Waals surface area contributed by atoms with Gasteiger partial charge in [0.15, 0.2) is 6.61 Å². The van der Waals surface area contributed by atoms with Gasteiger partial charge in [-0.25, -0.2) is 0 Å². The molecule has 2 aromatic carbocycles. The summed E-state index contributed by atoms with van der Waals surface area (Å²) in [7, 11) is 0. The Balaban J connectivity index is 1.47. The number of ether oxygens (including phenoxy) is 2. The topological polar surface area (TPSA) is 59.1 Å². The van der Waals surface area contributed by atoms with Crippen LogP contribution in [0.2, 0.25) is 0 Å². The summed E-state index contributed by atoms with van der Waals surface area (Å²) in [5, 5.41) is 0. The van der Waals surface area contributed by atoms with Crippen molar-refractivity contribution in [3.63, 3.8) is 0 Å². The monoisotopic (exact) mass is 446 g/mol. The molecule has 7 heteroatoms. The van der Waals surface area contributed by atoms with Gasteiger partial charge in [-0.1, -0.05) is 12.1 Å². The first kappa shape index (κ1) is 20.2. The van der Waals surface area contributed by atoms with Crippen molar-refractivity contribution < 1.29 is 19.1 Å². The number of rotatable bonds is 6. The lowest BCUT2D eigenvalue weighted by molar-refractivity contribution is -0.134. The second kappa shape index (κ2) is 9.59. The number of carbonyl (C=O) groups excluding carboxylic acids is 2. The lowest BCUT2D eigenvalue weighted by Gasteiger charge is -2.34. The molecule has 28 heavy (non-hydrogen) atoms. The van der Waals surface area contributed by atoms with Crippen LogP contribution in [0.1, 0.15) is 17.3 Å². The van der Waals surface area contributed by atoms with E-state index >= 15 is 0 Å². The number of carbonyl (C=O) groups is 2. The molecule has 2 amide bonds. The molecule has 0 saturated carbocycles. The van der Waals surface area contributed by atoms with E-state index in [4.69, 9.17) is 9.47 Å². The molecule has 0 aliphatic carbocycles. The van der Waals surface area contributed by atoms with Gasteiger partial charge >= 0.3 is 0 Å². The van der Waals surface area contributed by atoms with Gasteiger partial charge < -0.3 is 19.3 Å².